The van der Waals surface area contributed by atoms with Crippen LogP contribution in [0.3, 0.4) is 0 Å². The summed E-state index contributed by atoms with van der Waals surface area (Å²) in [5.41, 5.74) is -0.667. The van der Waals surface area contributed by atoms with Crippen molar-refractivity contribution in [2.75, 3.05) is 39.5 Å². The lowest BCUT2D eigenvalue weighted by Crippen LogP contribution is -2.32. The molecule has 3 heterocycles. The van der Waals surface area contributed by atoms with Crippen LogP contribution in [0, 0.1) is 23.2 Å². The number of hydrogen-bond acceptors (Lipinski definition) is 9. The van der Waals surface area contributed by atoms with E-state index in [0.717, 1.165) is 19.6 Å². The molecule has 0 aromatic heterocycles. The Kier molecular flexibility index (Phi) is 14.3. The molecule has 0 bridgehead atoms. The molecular formula is C21H41N3O9. The van der Waals surface area contributed by atoms with Gasteiger partial charge in [-0.3, -0.25) is 14.4 Å². The van der Waals surface area contributed by atoms with Crippen LogP contribution in [0.15, 0.2) is 0 Å². The Morgan fingerprint density at radius 2 is 0.909 bits per heavy atom. The van der Waals surface area contributed by atoms with Crippen molar-refractivity contribution < 1.29 is 45.0 Å². The fourth-order valence-corrected chi connectivity index (χ4v) is 2.27. The molecule has 0 radical (unpaired) electrons. The minimum Gasteiger partial charge on any atom is -0.481 e. The van der Waals surface area contributed by atoms with Crippen molar-refractivity contribution in [3.05, 3.63) is 0 Å². The van der Waals surface area contributed by atoms with Gasteiger partial charge in [0.1, 0.15) is 0 Å². The Morgan fingerprint density at radius 1 is 0.697 bits per heavy atom. The molecule has 0 aliphatic carbocycles. The van der Waals surface area contributed by atoms with Gasteiger partial charge in [-0.1, -0.05) is 27.7 Å². The van der Waals surface area contributed by atoms with E-state index in [-0.39, 0.29) is 55.7 Å². The van der Waals surface area contributed by atoms with Crippen molar-refractivity contribution in [3.63, 3.8) is 0 Å². The maximum absolute atomic E-state index is 10.1. The summed E-state index contributed by atoms with van der Waals surface area (Å²) in [6.45, 7) is 9.10. The topological polar surface area (TPSA) is 238 Å². The third-order valence-corrected chi connectivity index (χ3v) is 6.05. The van der Waals surface area contributed by atoms with Gasteiger partial charge >= 0.3 is 17.9 Å². The molecule has 6 unspecified atom stereocenters. The summed E-state index contributed by atoms with van der Waals surface area (Å²) in [7, 11) is 0. The van der Waals surface area contributed by atoms with Crippen LogP contribution in [-0.2, 0) is 14.4 Å². The molecule has 194 valence electrons. The molecule has 0 aromatic carbocycles. The predicted octanol–water partition coefficient (Wildman–Crippen LogP) is -1.60. The highest BCUT2D eigenvalue weighted by molar-refractivity contribution is 5.71. The third-order valence-electron chi connectivity index (χ3n) is 6.05. The van der Waals surface area contributed by atoms with E-state index in [9.17, 15) is 14.4 Å². The molecule has 12 heteroatoms. The zero-order valence-electron chi connectivity index (χ0n) is 19.8. The number of nitrogens with one attached hydrogen (secondary N) is 3. The van der Waals surface area contributed by atoms with Crippen LogP contribution >= 0.6 is 0 Å². The second-order valence-electron chi connectivity index (χ2n) is 8.75. The van der Waals surface area contributed by atoms with Crippen LogP contribution in [0.4, 0.5) is 0 Å². The van der Waals surface area contributed by atoms with Gasteiger partial charge in [0.2, 0.25) is 0 Å². The van der Waals surface area contributed by atoms with Gasteiger partial charge < -0.3 is 46.6 Å². The first-order chi connectivity index (χ1) is 15.4. The Balaban J connectivity index is 0.000000414. The SMILES string of the molecule is CC(C(=O)O)C1CN1.CC(C(=O)O)C1CN1.CC(C(=O)O)C1CN1.CCC(CO)(CO)CO. The van der Waals surface area contributed by atoms with E-state index in [1.807, 2.05) is 6.92 Å². The van der Waals surface area contributed by atoms with Gasteiger partial charge in [-0.05, 0) is 6.42 Å². The molecule has 0 amide bonds. The summed E-state index contributed by atoms with van der Waals surface area (Å²) >= 11 is 0. The Hall–Kier alpha value is -1.83. The van der Waals surface area contributed by atoms with Crippen molar-refractivity contribution in [1.82, 2.24) is 16.0 Å². The van der Waals surface area contributed by atoms with Gasteiger partial charge in [-0.2, -0.15) is 0 Å². The number of aliphatic hydroxyl groups excluding tert-OH is 3. The molecule has 0 saturated carbocycles. The summed E-state index contributed by atoms with van der Waals surface area (Å²) in [5.74, 6) is -2.76. The van der Waals surface area contributed by atoms with E-state index in [1.165, 1.54) is 0 Å². The van der Waals surface area contributed by atoms with E-state index in [2.05, 4.69) is 16.0 Å². The average molecular weight is 480 g/mol. The van der Waals surface area contributed by atoms with Crippen LogP contribution in [0.2, 0.25) is 0 Å². The molecule has 33 heavy (non-hydrogen) atoms. The van der Waals surface area contributed by atoms with Gasteiger partial charge in [-0.15, -0.1) is 0 Å². The molecule has 3 aliphatic heterocycles. The third kappa shape index (κ3) is 12.8. The molecule has 3 fully saturated rings. The fraction of sp³-hybridized carbons (Fsp3) is 0.857. The molecule has 6 atom stereocenters. The lowest BCUT2D eigenvalue weighted by atomic mass is 9.88. The number of aliphatic carboxylic acids is 3. The zero-order chi connectivity index (χ0) is 25.8. The van der Waals surface area contributed by atoms with Crippen LogP contribution in [0.1, 0.15) is 34.1 Å². The maximum atomic E-state index is 10.1. The summed E-state index contributed by atoms with van der Waals surface area (Å²) < 4.78 is 0. The number of aliphatic hydroxyl groups is 3. The van der Waals surface area contributed by atoms with Gasteiger partial charge in [-0.25, -0.2) is 0 Å². The standard InChI is InChI=1S/C6H14O3.3C5H9NO2/c1-2-6(3-7,4-8)5-9;3*1-3(5(7)8)4-2-6-4/h7-9H,2-5H2,1H3;3*3-4,6H,2H2,1H3,(H,7,8). The van der Waals surface area contributed by atoms with Crippen LogP contribution in [0.5, 0.6) is 0 Å². The zero-order valence-corrected chi connectivity index (χ0v) is 19.8. The van der Waals surface area contributed by atoms with Crippen molar-refractivity contribution in [2.45, 2.75) is 52.2 Å². The number of hydrogen-bond donors (Lipinski definition) is 9. The molecular weight excluding hydrogens is 438 g/mol. The second kappa shape index (κ2) is 15.1. The van der Waals surface area contributed by atoms with E-state index in [1.54, 1.807) is 20.8 Å². The Labute approximate surface area is 194 Å². The largest absolute Gasteiger partial charge is 0.481 e. The van der Waals surface area contributed by atoms with Crippen molar-refractivity contribution in [2.24, 2.45) is 23.2 Å². The molecule has 0 spiro atoms. The maximum Gasteiger partial charge on any atom is 0.307 e. The molecule has 9 N–H and O–H groups in total. The highest BCUT2D eigenvalue weighted by atomic mass is 16.4. The summed E-state index contributed by atoms with van der Waals surface area (Å²) in [6, 6.07) is 0.729. The van der Waals surface area contributed by atoms with Crippen LogP contribution in [-0.4, -0.2) is 106 Å². The normalized spacial score (nSPS) is 24.6. The molecule has 3 aliphatic rings. The number of carbonyl (C=O) groups is 3. The monoisotopic (exact) mass is 479 g/mol. The van der Waals surface area contributed by atoms with Crippen molar-refractivity contribution >= 4 is 17.9 Å². The first-order valence-corrected chi connectivity index (χ1v) is 11.1. The minimum atomic E-state index is -0.708. The van der Waals surface area contributed by atoms with E-state index >= 15 is 0 Å². The minimum absolute atomic E-state index is 0.156. The second-order valence-corrected chi connectivity index (χ2v) is 8.75. The first kappa shape index (κ1) is 31.2. The summed E-state index contributed by atoms with van der Waals surface area (Å²) in [4.78, 5) is 30.4. The first-order valence-electron chi connectivity index (χ1n) is 11.1. The smallest absolute Gasteiger partial charge is 0.307 e. The molecule has 3 rings (SSSR count). The van der Waals surface area contributed by atoms with E-state index < -0.39 is 23.3 Å². The number of carboxylic acids is 3. The fourth-order valence-electron chi connectivity index (χ4n) is 2.27. The van der Waals surface area contributed by atoms with E-state index in [4.69, 9.17) is 30.6 Å². The Bertz CT molecular complexity index is 520. The number of rotatable bonds is 10. The quantitative estimate of drug-likeness (QED) is 0.161. The van der Waals surface area contributed by atoms with Gasteiger partial charge in [0, 0.05) is 43.2 Å². The lowest BCUT2D eigenvalue weighted by Gasteiger charge is -2.24. The number of carboxylic acid groups (broad SMARTS) is 3. The van der Waals surface area contributed by atoms with Gasteiger partial charge in [0.15, 0.2) is 0 Å². The summed E-state index contributed by atoms with van der Waals surface area (Å²) in [5, 5.41) is 59.8. The summed E-state index contributed by atoms with van der Waals surface area (Å²) in [6.07, 6.45) is 0.594. The van der Waals surface area contributed by atoms with Gasteiger partial charge in [0.25, 0.3) is 0 Å². The van der Waals surface area contributed by atoms with E-state index in [0.29, 0.717) is 6.42 Å². The van der Waals surface area contributed by atoms with Crippen LogP contribution < -0.4 is 16.0 Å². The average Bonchev–Trinajstić information content (AvgIpc) is 3.64. The Morgan fingerprint density at radius 3 is 0.939 bits per heavy atom. The van der Waals surface area contributed by atoms with Crippen molar-refractivity contribution in [3.8, 4) is 0 Å². The predicted molar refractivity (Wildman–Crippen MR) is 120 cm³/mol. The van der Waals surface area contributed by atoms with Crippen LogP contribution in [0.25, 0.3) is 0 Å². The highest BCUT2D eigenvalue weighted by Crippen LogP contribution is 2.18. The van der Waals surface area contributed by atoms with Crippen molar-refractivity contribution in [1.29, 1.82) is 0 Å². The van der Waals surface area contributed by atoms with Gasteiger partial charge in [0.05, 0.1) is 37.6 Å². The lowest BCUT2D eigenvalue weighted by molar-refractivity contribution is -0.142. The molecule has 0 aromatic rings. The highest BCUT2D eigenvalue weighted by Gasteiger charge is 2.32. The molecule has 12 nitrogen and oxygen atoms in total. The molecule has 3 saturated heterocycles.